The third-order valence-electron chi connectivity index (χ3n) is 4.12. The summed E-state index contributed by atoms with van der Waals surface area (Å²) in [6.45, 7) is 4.60. The zero-order valence-electron chi connectivity index (χ0n) is 15.2. The Hall–Kier alpha value is -2.18. The van der Waals surface area contributed by atoms with Gasteiger partial charge < -0.3 is 10.2 Å². The highest BCUT2D eigenvalue weighted by atomic mass is 32.1. The molecule has 0 saturated carbocycles. The van der Waals surface area contributed by atoms with Crippen LogP contribution < -0.4 is 5.32 Å². The molecule has 0 aliphatic carbocycles. The van der Waals surface area contributed by atoms with Crippen LogP contribution in [-0.4, -0.2) is 48.3 Å². The van der Waals surface area contributed by atoms with E-state index in [2.05, 4.69) is 16.8 Å². The van der Waals surface area contributed by atoms with Crippen molar-refractivity contribution < 1.29 is 9.59 Å². The monoisotopic (exact) mass is 359 g/mol. The van der Waals surface area contributed by atoms with E-state index in [9.17, 15) is 9.59 Å². The second kappa shape index (κ2) is 8.78. The lowest BCUT2D eigenvalue weighted by Crippen LogP contribution is -2.46. The number of thiophene rings is 1. The van der Waals surface area contributed by atoms with Crippen LogP contribution in [0.25, 0.3) is 0 Å². The Morgan fingerprint density at radius 3 is 2.44 bits per heavy atom. The first kappa shape index (κ1) is 19.1. The van der Waals surface area contributed by atoms with Crippen molar-refractivity contribution in [1.82, 2.24) is 9.80 Å². The smallest absolute Gasteiger partial charge is 0.243 e. The molecule has 1 heterocycles. The quantitative estimate of drug-likeness (QED) is 0.827. The first-order chi connectivity index (χ1) is 11.9. The molecule has 0 fully saturated rings. The van der Waals surface area contributed by atoms with Crippen molar-refractivity contribution in [3.63, 3.8) is 0 Å². The third kappa shape index (κ3) is 5.69. The average Bonchev–Trinajstić information content (AvgIpc) is 3.08. The van der Waals surface area contributed by atoms with Crippen LogP contribution in [0.5, 0.6) is 0 Å². The normalized spacial score (nSPS) is 12.0. The lowest BCUT2D eigenvalue weighted by Gasteiger charge is -2.27. The van der Waals surface area contributed by atoms with Crippen LogP contribution in [0.3, 0.4) is 0 Å². The number of hydrogen-bond donors (Lipinski definition) is 1. The maximum atomic E-state index is 12.6. The molecular formula is C19H25N3O2S. The van der Waals surface area contributed by atoms with Crippen LogP contribution in [0.15, 0.2) is 41.1 Å². The highest BCUT2D eigenvalue weighted by Crippen LogP contribution is 2.12. The fourth-order valence-electron chi connectivity index (χ4n) is 2.45. The summed E-state index contributed by atoms with van der Waals surface area (Å²) in [5, 5.41) is 6.92. The summed E-state index contributed by atoms with van der Waals surface area (Å²) in [7, 11) is 3.58. The van der Waals surface area contributed by atoms with Crippen LogP contribution in [0, 0.1) is 6.92 Å². The van der Waals surface area contributed by atoms with E-state index in [-0.39, 0.29) is 24.4 Å². The van der Waals surface area contributed by atoms with Crippen molar-refractivity contribution in [1.29, 1.82) is 0 Å². The van der Waals surface area contributed by atoms with Gasteiger partial charge in [0.1, 0.15) is 0 Å². The maximum absolute atomic E-state index is 12.6. The van der Waals surface area contributed by atoms with Gasteiger partial charge in [-0.25, -0.2) is 0 Å². The van der Waals surface area contributed by atoms with Gasteiger partial charge in [-0.3, -0.25) is 14.5 Å². The van der Waals surface area contributed by atoms with Crippen LogP contribution >= 0.6 is 11.3 Å². The number of aryl methyl sites for hydroxylation is 1. The van der Waals surface area contributed by atoms with Crippen LogP contribution in [0.4, 0.5) is 5.69 Å². The van der Waals surface area contributed by atoms with Crippen molar-refractivity contribution in [2.24, 2.45) is 0 Å². The Morgan fingerprint density at radius 1 is 1.16 bits per heavy atom. The molecule has 2 amide bonds. The molecule has 1 atom stereocenters. The molecular weight excluding hydrogens is 334 g/mol. The Kier molecular flexibility index (Phi) is 6.73. The minimum Gasteiger partial charge on any atom is -0.335 e. The van der Waals surface area contributed by atoms with Gasteiger partial charge in [-0.2, -0.15) is 11.3 Å². The fraction of sp³-hybridized carbons (Fsp3) is 0.368. The molecule has 0 radical (unpaired) electrons. The van der Waals surface area contributed by atoms with E-state index in [1.165, 1.54) is 10.5 Å². The standard InChI is InChI=1S/C19H25N3O2S/c1-14-5-7-17(8-6-14)20-18(23)12-22(4)19(24)15(2)21(3)11-16-9-10-25-13-16/h5-10,13,15H,11-12H2,1-4H3,(H,20,23)/t15-/m1/s1. The first-order valence-corrected chi connectivity index (χ1v) is 9.14. The van der Waals surface area contributed by atoms with E-state index < -0.39 is 0 Å². The molecule has 1 aromatic carbocycles. The van der Waals surface area contributed by atoms with E-state index >= 15 is 0 Å². The van der Waals surface area contributed by atoms with E-state index in [4.69, 9.17) is 0 Å². The third-order valence-corrected chi connectivity index (χ3v) is 4.86. The number of nitrogens with one attached hydrogen (secondary N) is 1. The number of nitrogens with zero attached hydrogens (tertiary/aromatic N) is 2. The Bertz CT molecular complexity index is 698. The molecule has 0 saturated heterocycles. The highest BCUT2D eigenvalue weighted by Gasteiger charge is 2.23. The lowest BCUT2D eigenvalue weighted by atomic mass is 10.2. The number of carbonyl (C=O) groups is 2. The molecule has 0 aliphatic rings. The lowest BCUT2D eigenvalue weighted by molar-refractivity contribution is -0.137. The molecule has 134 valence electrons. The number of hydrogen-bond acceptors (Lipinski definition) is 4. The summed E-state index contributed by atoms with van der Waals surface area (Å²) in [5.41, 5.74) is 3.05. The summed E-state index contributed by atoms with van der Waals surface area (Å²) >= 11 is 1.64. The molecule has 6 heteroatoms. The highest BCUT2D eigenvalue weighted by molar-refractivity contribution is 7.07. The number of likely N-dealkylation sites (N-methyl/N-ethyl adjacent to an activating group) is 2. The minimum absolute atomic E-state index is 0.0311. The van der Waals surface area contributed by atoms with Crippen molar-refractivity contribution in [2.45, 2.75) is 26.4 Å². The van der Waals surface area contributed by atoms with Gasteiger partial charge in [0.25, 0.3) is 0 Å². The molecule has 25 heavy (non-hydrogen) atoms. The van der Waals surface area contributed by atoms with Gasteiger partial charge in [0.2, 0.25) is 11.8 Å². The summed E-state index contributed by atoms with van der Waals surface area (Å²) in [6, 6.07) is 9.34. The van der Waals surface area contributed by atoms with Crippen LogP contribution in [0.1, 0.15) is 18.1 Å². The summed E-state index contributed by atoms with van der Waals surface area (Å²) in [4.78, 5) is 28.2. The summed E-state index contributed by atoms with van der Waals surface area (Å²) < 4.78 is 0. The Morgan fingerprint density at radius 2 is 1.84 bits per heavy atom. The van der Waals surface area contributed by atoms with Crippen molar-refractivity contribution in [3.8, 4) is 0 Å². The molecule has 0 bridgehead atoms. The van der Waals surface area contributed by atoms with E-state index in [1.807, 2.05) is 55.4 Å². The van der Waals surface area contributed by atoms with Crippen molar-refractivity contribution >= 4 is 28.8 Å². The molecule has 2 rings (SSSR count). The van der Waals surface area contributed by atoms with Gasteiger partial charge in [-0.05, 0) is 55.4 Å². The zero-order chi connectivity index (χ0) is 18.4. The van der Waals surface area contributed by atoms with E-state index in [0.717, 1.165) is 11.3 Å². The molecule has 1 N–H and O–H groups in total. The molecule has 5 nitrogen and oxygen atoms in total. The van der Waals surface area contributed by atoms with Crippen molar-refractivity contribution in [3.05, 3.63) is 52.2 Å². The number of amides is 2. The first-order valence-electron chi connectivity index (χ1n) is 8.19. The second-order valence-electron chi connectivity index (χ2n) is 6.33. The average molecular weight is 359 g/mol. The number of benzene rings is 1. The van der Waals surface area contributed by atoms with Gasteiger partial charge in [0.05, 0.1) is 12.6 Å². The molecule has 0 unspecified atom stereocenters. The fourth-order valence-corrected chi connectivity index (χ4v) is 3.11. The minimum atomic E-state index is -0.294. The van der Waals surface area contributed by atoms with Crippen molar-refractivity contribution in [2.75, 3.05) is 26.0 Å². The predicted molar refractivity (Wildman–Crippen MR) is 103 cm³/mol. The topological polar surface area (TPSA) is 52.7 Å². The van der Waals surface area contributed by atoms with E-state index in [1.54, 1.807) is 18.4 Å². The zero-order valence-corrected chi connectivity index (χ0v) is 16.0. The number of rotatable bonds is 7. The molecule has 0 aliphatic heterocycles. The van der Waals surface area contributed by atoms with Gasteiger partial charge >= 0.3 is 0 Å². The van der Waals surface area contributed by atoms with Gasteiger partial charge in [0.15, 0.2) is 0 Å². The maximum Gasteiger partial charge on any atom is 0.243 e. The number of carbonyl (C=O) groups excluding carboxylic acids is 2. The SMILES string of the molecule is Cc1ccc(NC(=O)CN(C)C(=O)[C@@H](C)N(C)Cc2ccsc2)cc1. The second-order valence-corrected chi connectivity index (χ2v) is 7.11. The largest absolute Gasteiger partial charge is 0.335 e. The summed E-state index contributed by atoms with van der Waals surface area (Å²) in [6.07, 6.45) is 0. The number of anilines is 1. The Labute approximate surface area is 153 Å². The molecule has 0 spiro atoms. The van der Waals surface area contributed by atoms with Gasteiger partial charge in [-0.15, -0.1) is 0 Å². The Balaban J connectivity index is 1.85. The molecule has 1 aromatic heterocycles. The van der Waals surface area contributed by atoms with Gasteiger partial charge in [0, 0.05) is 19.3 Å². The molecule has 2 aromatic rings. The van der Waals surface area contributed by atoms with E-state index in [0.29, 0.717) is 6.54 Å². The van der Waals surface area contributed by atoms with Crippen LogP contribution in [0.2, 0.25) is 0 Å². The summed E-state index contributed by atoms with van der Waals surface area (Å²) in [5.74, 6) is -0.274. The predicted octanol–water partition coefficient (Wildman–Crippen LogP) is 2.97. The van der Waals surface area contributed by atoms with Crippen LogP contribution in [-0.2, 0) is 16.1 Å². The van der Waals surface area contributed by atoms with Gasteiger partial charge in [-0.1, -0.05) is 17.7 Å².